The third kappa shape index (κ3) is 5.19. The zero-order valence-electron chi connectivity index (χ0n) is 11.0. The minimum absolute atomic E-state index is 0.0498. The number of benzene rings is 1. The lowest BCUT2D eigenvalue weighted by atomic mass is 10.3. The molecular weight excluding hydrogens is 301 g/mol. The van der Waals surface area contributed by atoms with Crippen LogP contribution >= 0.6 is 23.2 Å². The molecule has 1 saturated carbocycles. The SMILES string of the molecule is O=C(O)CN(CCOc1ccc(Cl)cc1Cl)CC1CC1. The van der Waals surface area contributed by atoms with Crippen LogP contribution in [-0.4, -0.2) is 42.2 Å². The van der Waals surface area contributed by atoms with Crippen molar-refractivity contribution in [3.05, 3.63) is 28.2 Å². The van der Waals surface area contributed by atoms with Crippen LogP contribution < -0.4 is 4.74 Å². The number of ether oxygens (including phenoxy) is 1. The summed E-state index contributed by atoms with van der Waals surface area (Å²) < 4.78 is 5.58. The summed E-state index contributed by atoms with van der Waals surface area (Å²) >= 11 is 11.8. The van der Waals surface area contributed by atoms with Gasteiger partial charge in [-0.05, 0) is 37.0 Å². The fraction of sp³-hybridized carbons (Fsp3) is 0.500. The number of hydrogen-bond acceptors (Lipinski definition) is 3. The number of halogens is 2. The van der Waals surface area contributed by atoms with Gasteiger partial charge in [-0.1, -0.05) is 23.2 Å². The molecule has 0 spiro atoms. The molecule has 0 amide bonds. The van der Waals surface area contributed by atoms with Gasteiger partial charge in [0.1, 0.15) is 12.4 Å². The Bertz CT molecular complexity index is 477. The van der Waals surface area contributed by atoms with E-state index in [4.69, 9.17) is 33.0 Å². The molecule has 0 aliphatic heterocycles. The maximum Gasteiger partial charge on any atom is 0.317 e. The molecule has 2 rings (SSSR count). The largest absolute Gasteiger partial charge is 0.491 e. The van der Waals surface area contributed by atoms with E-state index in [0.717, 1.165) is 6.54 Å². The van der Waals surface area contributed by atoms with Crippen LogP contribution in [0.4, 0.5) is 0 Å². The molecule has 1 fully saturated rings. The first-order chi connectivity index (χ1) is 9.54. The van der Waals surface area contributed by atoms with Crippen LogP contribution in [0, 0.1) is 5.92 Å². The number of hydrogen-bond donors (Lipinski definition) is 1. The predicted molar refractivity (Wildman–Crippen MR) is 78.8 cm³/mol. The molecule has 110 valence electrons. The van der Waals surface area contributed by atoms with Crippen molar-refractivity contribution < 1.29 is 14.6 Å². The highest BCUT2D eigenvalue weighted by Crippen LogP contribution is 2.30. The molecule has 0 atom stereocenters. The second-order valence-electron chi connectivity index (χ2n) is 5.00. The van der Waals surface area contributed by atoms with Crippen molar-refractivity contribution in [3.8, 4) is 5.75 Å². The Hall–Kier alpha value is -0.970. The number of carbonyl (C=O) groups is 1. The minimum Gasteiger partial charge on any atom is -0.491 e. The summed E-state index contributed by atoms with van der Waals surface area (Å²) in [6.45, 7) is 1.85. The van der Waals surface area contributed by atoms with Crippen molar-refractivity contribution in [2.24, 2.45) is 5.92 Å². The second-order valence-corrected chi connectivity index (χ2v) is 5.84. The summed E-state index contributed by atoms with van der Waals surface area (Å²) in [5.74, 6) is 0.404. The Morgan fingerprint density at radius 1 is 1.40 bits per heavy atom. The number of aliphatic carboxylic acids is 1. The summed E-state index contributed by atoms with van der Waals surface area (Å²) in [5, 5.41) is 9.91. The Balaban J connectivity index is 1.80. The smallest absolute Gasteiger partial charge is 0.317 e. The van der Waals surface area contributed by atoms with Crippen LogP contribution in [0.15, 0.2) is 18.2 Å². The third-order valence-electron chi connectivity index (χ3n) is 3.13. The van der Waals surface area contributed by atoms with Gasteiger partial charge in [0.25, 0.3) is 0 Å². The van der Waals surface area contributed by atoms with E-state index in [1.165, 1.54) is 12.8 Å². The lowest BCUT2D eigenvalue weighted by Crippen LogP contribution is -2.35. The summed E-state index contributed by atoms with van der Waals surface area (Å²) in [4.78, 5) is 12.7. The molecule has 0 aromatic heterocycles. The molecule has 1 N–H and O–H groups in total. The lowest BCUT2D eigenvalue weighted by Gasteiger charge is -2.20. The molecule has 0 unspecified atom stereocenters. The Kier molecular flexibility index (Phi) is 5.52. The van der Waals surface area contributed by atoms with Crippen LogP contribution in [-0.2, 0) is 4.79 Å². The Morgan fingerprint density at radius 2 is 2.15 bits per heavy atom. The van der Waals surface area contributed by atoms with E-state index in [9.17, 15) is 4.79 Å². The normalized spacial score (nSPS) is 14.6. The van der Waals surface area contributed by atoms with Crippen molar-refractivity contribution >= 4 is 29.2 Å². The first-order valence-electron chi connectivity index (χ1n) is 6.56. The molecule has 0 bridgehead atoms. The van der Waals surface area contributed by atoms with Crippen LogP contribution in [0.1, 0.15) is 12.8 Å². The number of carboxylic acids is 1. The molecule has 1 aromatic carbocycles. The van der Waals surface area contributed by atoms with Crippen LogP contribution in [0.5, 0.6) is 5.75 Å². The fourth-order valence-corrected chi connectivity index (χ4v) is 2.43. The van der Waals surface area contributed by atoms with Crippen LogP contribution in [0.2, 0.25) is 10.0 Å². The van der Waals surface area contributed by atoms with Crippen LogP contribution in [0.3, 0.4) is 0 Å². The van der Waals surface area contributed by atoms with Gasteiger partial charge in [0.15, 0.2) is 0 Å². The first kappa shape index (κ1) is 15.4. The predicted octanol–water partition coefficient (Wildman–Crippen LogP) is 3.17. The van der Waals surface area contributed by atoms with Crippen molar-refractivity contribution in [2.45, 2.75) is 12.8 Å². The van der Waals surface area contributed by atoms with Crippen molar-refractivity contribution in [1.82, 2.24) is 4.90 Å². The molecule has 0 radical (unpaired) electrons. The summed E-state index contributed by atoms with van der Waals surface area (Å²) in [5.41, 5.74) is 0. The van der Waals surface area contributed by atoms with E-state index in [2.05, 4.69) is 0 Å². The second kappa shape index (κ2) is 7.16. The van der Waals surface area contributed by atoms with Gasteiger partial charge in [-0.15, -0.1) is 0 Å². The monoisotopic (exact) mass is 317 g/mol. The van der Waals surface area contributed by atoms with Gasteiger partial charge in [-0.3, -0.25) is 9.69 Å². The molecule has 0 heterocycles. The van der Waals surface area contributed by atoms with Gasteiger partial charge in [0.2, 0.25) is 0 Å². The highest BCUT2D eigenvalue weighted by atomic mass is 35.5. The topological polar surface area (TPSA) is 49.8 Å². The van der Waals surface area contributed by atoms with E-state index < -0.39 is 5.97 Å². The average molecular weight is 318 g/mol. The summed E-state index contributed by atoms with van der Waals surface area (Å²) in [7, 11) is 0. The van der Waals surface area contributed by atoms with Gasteiger partial charge in [0, 0.05) is 18.1 Å². The standard InChI is InChI=1S/C14H17Cl2NO3/c15-11-3-4-13(12(16)7-11)20-6-5-17(9-14(18)19)8-10-1-2-10/h3-4,7,10H,1-2,5-6,8-9H2,(H,18,19). The molecular formula is C14H17Cl2NO3. The minimum atomic E-state index is -0.810. The highest BCUT2D eigenvalue weighted by Gasteiger charge is 2.25. The third-order valence-corrected chi connectivity index (χ3v) is 3.66. The Morgan fingerprint density at radius 3 is 2.75 bits per heavy atom. The van der Waals surface area contributed by atoms with E-state index >= 15 is 0 Å². The lowest BCUT2D eigenvalue weighted by molar-refractivity contribution is -0.138. The van der Waals surface area contributed by atoms with Crippen molar-refractivity contribution in [1.29, 1.82) is 0 Å². The van der Waals surface area contributed by atoms with Crippen LogP contribution in [0.25, 0.3) is 0 Å². The van der Waals surface area contributed by atoms with Gasteiger partial charge >= 0.3 is 5.97 Å². The zero-order chi connectivity index (χ0) is 14.5. The number of rotatable bonds is 8. The highest BCUT2D eigenvalue weighted by molar-refractivity contribution is 6.35. The van der Waals surface area contributed by atoms with E-state index in [-0.39, 0.29) is 6.54 Å². The maximum atomic E-state index is 10.8. The molecule has 1 aromatic rings. The van der Waals surface area contributed by atoms with Gasteiger partial charge in [-0.2, -0.15) is 0 Å². The first-order valence-corrected chi connectivity index (χ1v) is 7.32. The van der Waals surface area contributed by atoms with E-state index in [1.54, 1.807) is 18.2 Å². The zero-order valence-corrected chi connectivity index (χ0v) is 12.5. The van der Waals surface area contributed by atoms with E-state index in [1.807, 2.05) is 4.90 Å². The van der Waals surface area contributed by atoms with Gasteiger partial charge in [0.05, 0.1) is 11.6 Å². The molecule has 20 heavy (non-hydrogen) atoms. The molecule has 6 heteroatoms. The summed E-state index contributed by atoms with van der Waals surface area (Å²) in [6.07, 6.45) is 2.39. The van der Waals surface area contributed by atoms with Gasteiger partial charge in [-0.25, -0.2) is 0 Å². The molecule has 0 saturated heterocycles. The summed E-state index contributed by atoms with van der Waals surface area (Å²) in [6, 6.07) is 5.05. The van der Waals surface area contributed by atoms with Crippen molar-refractivity contribution in [3.63, 3.8) is 0 Å². The van der Waals surface area contributed by atoms with Crippen molar-refractivity contribution in [2.75, 3.05) is 26.2 Å². The number of nitrogens with zero attached hydrogens (tertiary/aromatic N) is 1. The fourth-order valence-electron chi connectivity index (χ4n) is 1.97. The molecule has 1 aliphatic rings. The quantitative estimate of drug-likeness (QED) is 0.800. The molecule has 4 nitrogen and oxygen atoms in total. The maximum absolute atomic E-state index is 10.8. The number of carboxylic acid groups (broad SMARTS) is 1. The molecule has 1 aliphatic carbocycles. The van der Waals surface area contributed by atoms with Gasteiger partial charge < -0.3 is 9.84 Å². The average Bonchev–Trinajstić information content (AvgIpc) is 3.15. The van der Waals surface area contributed by atoms with E-state index in [0.29, 0.717) is 34.9 Å². The Labute approximate surface area is 128 Å².